The third-order valence-electron chi connectivity index (χ3n) is 3.55. The molecule has 1 aromatic carbocycles. The molecule has 0 aliphatic carbocycles. The minimum atomic E-state index is 0.589. The molecule has 1 atom stereocenters. The molecular formula is C14H19BrClN. The second-order valence-corrected chi connectivity index (χ2v) is 5.98. The Bertz CT molecular complexity index is 380. The molecule has 1 saturated heterocycles. The quantitative estimate of drug-likeness (QED) is 0.697. The number of hydrogen-bond acceptors (Lipinski definition) is 1. The van der Waals surface area contributed by atoms with Crippen LogP contribution in [0.2, 0.25) is 0 Å². The Morgan fingerprint density at radius 2 is 2.18 bits per heavy atom. The van der Waals surface area contributed by atoms with Gasteiger partial charge in [-0.05, 0) is 37.5 Å². The van der Waals surface area contributed by atoms with Gasteiger partial charge in [0.15, 0.2) is 0 Å². The molecule has 0 aromatic heterocycles. The van der Waals surface area contributed by atoms with Crippen LogP contribution in [0.25, 0.3) is 0 Å². The maximum Gasteiger partial charge on any atom is 0.0494 e. The monoisotopic (exact) mass is 315 g/mol. The normalized spacial score (nSPS) is 21.4. The van der Waals surface area contributed by atoms with Crippen molar-refractivity contribution < 1.29 is 0 Å². The van der Waals surface area contributed by atoms with E-state index in [1.54, 1.807) is 0 Å². The average Bonchev–Trinajstić information content (AvgIpc) is 2.54. The molecule has 17 heavy (non-hydrogen) atoms. The van der Waals surface area contributed by atoms with Crippen LogP contribution in [-0.4, -0.2) is 12.6 Å². The van der Waals surface area contributed by atoms with Crippen molar-refractivity contribution in [2.45, 2.75) is 44.5 Å². The minimum Gasteiger partial charge on any atom is -0.369 e. The molecule has 0 bridgehead atoms. The van der Waals surface area contributed by atoms with Gasteiger partial charge in [0.2, 0.25) is 0 Å². The van der Waals surface area contributed by atoms with Gasteiger partial charge in [-0.15, -0.1) is 11.6 Å². The van der Waals surface area contributed by atoms with Crippen LogP contribution in [0.1, 0.15) is 38.2 Å². The van der Waals surface area contributed by atoms with E-state index in [4.69, 9.17) is 11.6 Å². The van der Waals surface area contributed by atoms with Crippen molar-refractivity contribution in [3.8, 4) is 0 Å². The Hall–Kier alpha value is -0.210. The van der Waals surface area contributed by atoms with Gasteiger partial charge in [-0.25, -0.2) is 0 Å². The van der Waals surface area contributed by atoms with Crippen LogP contribution >= 0.6 is 27.5 Å². The zero-order valence-electron chi connectivity index (χ0n) is 10.3. The first-order valence-electron chi connectivity index (χ1n) is 6.33. The molecule has 0 N–H and O–H groups in total. The Morgan fingerprint density at radius 1 is 1.35 bits per heavy atom. The Morgan fingerprint density at radius 3 is 2.94 bits per heavy atom. The maximum atomic E-state index is 6.05. The zero-order chi connectivity index (χ0) is 12.3. The van der Waals surface area contributed by atoms with Crippen molar-refractivity contribution >= 4 is 33.2 Å². The summed E-state index contributed by atoms with van der Waals surface area (Å²) in [5.41, 5.74) is 2.55. The van der Waals surface area contributed by atoms with E-state index >= 15 is 0 Å². The Kier molecular flexibility index (Phi) is 4.75. The van der Waals surface area contributed by atoms with Crippen molar-refractivity contribution in [3.05, 3.63) is 28.2 Å². The number of halogens is 2. The van der Waals surface area contributed by atoms with Crippen molar-refractivity contribution in [2.24, 2.45) is 0 Å². The topological polar surface area (TPSA) is 3.24 Å². The lowest BCUT2D eigenvalue weighted by atomic mass is 10.1. The number of rotatable bonds is 2. The van der Waals surface area contributed by atoms with Crippen LogP contribution < -0.4 is 4.90 Å². The molecule has 1 aromatic rings. The number of hydrogen-bond donors (Lipinski definition) is 0. The van der Waals surface area contributed by atoms with E-state index < -0.39 is 0 Å². The number of anilines is 1. The molecule has 0 saturated carbocycles. The van der Waals surface area contributed by atoms with E-state index in [0.29, 0.717) is 11.9 Å². The van der Waals surface area contributed by atoms with Crippen LogP contribution in [0.3, 0.4) is 0 Å². The average molecular weight is 317 g/mol. The smallest absolute Gasteiger partial charge is 0.0494 e. The van der Waals surface area contributed by atoms with Gasteiger partial charge in [0.1, 0.15) is 0 Å². The van der Waals surface area contributed by atoms with Crippen LogP contribution in [0.4, 0.5) is 5.69 Å². The fourth-order valence-electron chi connectivity index (χ4n) is 2.55. The molecule has 1 nitrogen and oxygen atoms in total. The number of alkyl halides is 1. The van der Waals surface area contributed by atoms with Gasteiger partial charge in [0, 0.05) is 28.6 Å². The van der Waals surface area contributed by atoms with E-state index in [1.165, 1.54) is 36.9 Å². The highest BCUT2D eigenvalue weighted by Crippen LogP contribution is 2.30. The molecule has 0 amide bonds. The Balaban J connectivity index is 2.32. The van der Waals surface area contributed by atoms with Crippen molar-refractivity contribution in [2.75, 3.05) is 11.4 Å². The molecule has 94 valence electrons. The standard InChI is InChI=1S/C14H19BrClN/c1-11-5-3-2-4-8-17(11)14-9-13(15)7-6-12(14)10-16/h6-7,9,11H,2-5,8,10H2,1H3. The first kappa shape index (κ1) is 13.2. The van der Waals surface area contributed by atoms with Gasteiger partial charge in [0.05, 0.1) is 0 Å². The van der Waals surface area contributed by atoms with Gasteiger partial charge in [-0.2, -0.15) is 0 Å². The fourth-order valence-corrected chi connectivity index (χ4v) is 3.13. The predicted molar refractivity (Wildman–Crippen MR) is 79.0 cm³/mol. The van der Waals surface area contributed by atoms with Crippen LogP contribution in [0.15, 0.2) is 22.7 Å². The second kappa shape index (κ2) is 6.10. The van der Waals surface area contributed by atoms with E-state index in [-0.39, 0.29) is 0 Å². The van der Waals surface area contributed by atoms with Crippen LogP contribution in [0.5, 0.6) is 0 Å². The summed E-state index contributed by atoms with van der Waals surface area (Å²) in [6, 6.07) is 7.03. The van der Waals surface area contributed by atoms with Gasteiger partial charge in [0.25, 0.3) is 0 Å². The molecule has 1 fully saturated rings. The number of benzene rings is 1. The largest absolute Gasteiger partial charge is 0.369 e. The molecule has 3 heteroatoms. The predicted octanol–water partition coefficient (Wildman–Crippen LogP) is 4.96. The minimum absolute atomic E-state index is 0.589. The van der Waals surface area contributed by atoms with Crippen molar-refractivity contribution in [1.29, 1.82) is 0 Å². The summed E-state index contributed by atoms with van der Waals surface area (Å²) in [7, 11) is 0. The summed E-state index contributed by atoms with van der Waals surface area (Å²) >= 11 is 9.61. The third kappa shape index (κ3) is 3.17. The van der Waals surface area contributed by atoms with Gasteiger partial charge >= 0.3 is 0 Å². The van der Waals surface area contributed by atoms with E-state index in [2.05, 4.69) is 46.0 Å². The lowest BCUT2D eigenvalue weighted by molar-refractivity contribution is 0.615. The summed E-state index contributed by atoms with van der Waals surface area (Å²) < 4.78 is 1.14. The molecule has 1 aliphatic rings. The van der Waals surface area contributed by atoms with E-state index in [9.17, 15) is 0 Å². The van der Waals surface area contributed by atoms with Gasteiger partial charge in [-0.1, -0.05) is 34.8 Å². The van der Waals surface area contributed by atoms with Gasteiger partial charge < -0.3 is 4.90 Å². The lowest BCUT2D eigenvalue weighted by Crippen LogP contribution is -2.33. The highest BCUT2D eigenvalue weighted by atomic mass is 79.9. The van der Waals surface area contributed by atoms with Crippen LogP contribution in [0, 0.1) is 0 Å². The van der Waals surface area contributed by atoms with Crippen molar-refractivity contribution in [1.82, 2.24) is 0 Å². The van der Waals surface area contributed by atoms with E-state index in [1.807, 2.05) is 0 Å². The first-order chi connectivity index (χ1) is 8.22. The Labute approximate surface area is 117 Å². The number of nitrogens with zero attached hydrogens (tertiary/aromatic N) is 1. The highest BCUT2D eigenvalue weighted by molar-refractivity contribution is 9.10. The lowest BCUT2D eigenvalue weighted by Gasteiger charge is -2.31. The highest BCUT2D eigenvalue weighted by Gasteiger charge is 2.19. The summed E-state index contributed by atoms with van der Waals surface area (Å²) in [5.74, 6) is 0.589. The third-order valence-corrected chi connectivity index (χ3v) is 4.33. The molecule has 1 heterocycles. The fraction of sp³-hybridized carbons (Fsp3) is 0.571. The molecular weight excluding hydrogens is 298 g/mol. The van der Waals surface area contributed by atoms with E-state index in [0.717, 1.165) is 11.0 Å². The summed E-state index contributed by atoms with van der Waals surface area (Å²) in [5, 5.41) is 0. The molecule has 1 aliphatic heterocycles. The second-order valence-electron chi connectivity index (χ2n) is 4.80. The van der Waals surface area contributed by atoms with Gasteiger partial charge in [-0.3, -0.25) is 0 Å². The summed E-state index contributed by atoms with van der Waals surface area (Å²) in [6.45, 7) is 3.48. The first-order valence-corrected chi connectivity index (χ1v) is 7.66. The SMILES string of the molecule is CC1CCCCCN1c1cc(Br)ccc1CCl. The zero-order valence-corrected chi connectivity index (χ0v) is 12.6. The molecule has 1 unspecified atom stereocenters. The molecule has 2 rings (SSSR count). The molecule has 0 spiro atoms. The maximum absolute atomic E-state index is 6.05. The van der Waals surface area contributed by atoms with Crippen molar-refractivity contribution in [3.63, 3.8) is 0 Å². The summed E-state index contributed by atoms with van der Waals surface area (Å²) in [4.78, 5) is 2.52. The molecule has 0 radical (unpaired) electrons. The summed E-state index contributed by atoms with van der Waals surface area (Å²) in [6.07, 6.45) is 5.28. The van der Waals surface area contributed by atoms with Crippen LogP contribution in [-0.2, 0) is 5.88 Å².